The van der Waals surface area contributed by atoms with Crippen molar-refractivity contribution in [1.82, 2.24) is 5.32 Å². The second kappa shape index (κ2) is 7.40. The summed E-state index contributed by atoms with van der Waals surface area (Å²) in [4.78, 5) is 22.4. The fourth-order valence-electron chi connectivity index (χ4n) is 2.10. The number of nitro groups is 1. The zero-order valence-electron chi connectivity index (χ0n) is 13.1. The Labute approximate surface area is 137 Å². The molecule has 1 atom stereocenters. The quantitative estimate of drug-likeness (QED) is 0.645. The zero-order chi connectivity index (χ0) is 17.7. The fraction of sp³-hybridized carbons (Fsp3) is 0.188. The number of urea groups is 1. The molecule has 0 saturated carbocycles. The van der Waals surface area contributed by atoms with E-state index in [0.29, 0.717) is 5.75 Å². The highest BCUT2D eigenvalue weighted by atomic mass is 19.1. The summed E-state index contributed by atoms with van der Waals surface area (Å²) in [6.07, 6.45) is 0. The molecule has 0 aliphatic heterocycles. The molecule has 0 fully saturated rings. The Morgan fingerprint density at radius 3 is 2.50 bits per heavy atom. The first-order valence-electron chi connectivity index (χ1n) is 7.06. The number of benzene rings is 2. The van der Waals surface area contributed by atoms with E-state index in [9.17, 15) is 19.3 Å². The van der Waals surface area contributed by atoms with Gasteiger partial charge in [0, 0.05) is 12.1 Å². The number of rotatable bonds is 5. The zero-order valence-corrected chi connectivity index (χ0v) is 13.1. The van der Waals surface area contributed by atoms with Gasteiger partial charge in [0.25, 0.3) is 5.69 Å². The molecule has 0 aliphatic rings. The Hall–Kier alpha value is -3.16. The van der Waals surface area contributed by atoms with Gasteiger partial charge in [-0.3, -0.25) is 10.1 Å². The van der Waals surface area contributed by atoms with Gasteiger partial charge in [0.05, 0.1) is 23.8 Å². The van der Waals surface area contributed by atoms with Crippen molar-refractivity contribution in [3.63, 3.8) is 0 Å². The van der Waals surface area contributed by atoms with Crippen molar-refractivity contribution in [2.75, 3.05) is 12.4 Å². The summed E-state index contributed by atoms with van der Waals surface area (Å²) in [5.41, 5.74) is 0.728. The van der Waals surface area contributed by atoms with Crippen LogP contribution >= 0.6 is 0 Å². The number of anilines is 1. The highest BCUT2D eigenvalue weighted by Gasteiger charge is 2.15. The Bertz CT molecular complexity index is 749. The van der Waals surface area contributed by atoms with Crippen LogP contribution in [-0.2, 0) is 0 Å². The average molecular weight is 333 g/mol. The third-order valence-corrected chi connectivity index (χ3v) is 3.36. The number of non-ortho nitro benzene ring substituents is 1. The number of nitro benzene ring substituents is 1. The summed E-state index contributed by atoms with van der Waals surface area (Å²) >= 11 is 0. The molecule has 0 heterocycles. The Balaban J connectivity index is 2.10. The molecule has 0 aromatic heterocycles. The van der Waals surface area contributed by atoms with Gasteiger partial charge in [-0.2, -0.15) is 0 Å². The van der Waals surface area contributed by atoms with Crippen LogP contribution < -0.4 is 15.4 Å². The number of hydrogen-bond acceptors (Lipinski definition) is 4. The minimum absolute atomic E-state index is 0.169. The van der Waals surface area contributed by atoms with Gasteiger partial charge < -0.3 is 15.4 Å². The van der Waals surface area contributed by atoms with Gasteiger partial charge in [-0.05, 0) is 30.7 Å². The molecule has 2 N–H and O–H groups in total. The number of hydrogen-bond donors (Lipinski definition) is 2. The van der Waals surface area contributed by atoms with E-state index in [-0.39, 0.29) is 23.2 Å². The van der Waals surface area contributed by atoms with Gasteiger partial charge in [-0.25, -0.2) is 9.18 Å². The number of carbonyl (C=O) groups is 1. The van der Waals surface area contributed by atoms with Gasteiger partial charge in [-0.15, -0.1) is 0 Å². The van der Waals surface area contributed by atoms with E-state index in [1.807, 2.05) is 0 Å². The van der Waals surface area contributed by atoms with Crippen LogP contribution in [0.1, 0.15) is 18.5 Å². The smallest absolute Gasteiger partial charge is 0.319 e. The molecule has 0 bridgehead atoms. The summed E-state index contributed by atoms with van der Waals surface area (Å²) in [7, 11) is 1.39. The lowest BCUT2D eigenvalue weighted by atomic mass is 10.1. The van der Waals surface area contributed by atoms with Crippen molar-refractivity contribution >= 4 is 17.4 Å². The minimum Gasteiger partial charge on any atom is -0.495 e. The van der Waals surface area contributed by atoms with E-state index < -0.39 is 11.0 Å². The molecule has 126 valence electrons. The summed E-state index contributed by atoms with van der Waals surface area (Å²) in [6, 6.07) is 8.68. The summed E-state index contributed by atoms with van der Waals surface area (Å²) in [6.45, 7) is 1.73. The normalized spacial score (nSPS) is 11.5. The molecular weight excluding hydrogens is 317 g/mol. The van der Waals surface area contributed by atoms with Gasteiger partial charge in [-0.1, -0.05) is 12.1 Å². The topological polar surface area (TPSA) is 93.5 Å². The number of halogens is 1. The van der Waals surface area contributed by atoms with E-state index >= 15 is 0 Å². The maximum Gasteiger partial charge on any atom is 0.319 e. The maximum atomic E-state index is 12.9. The van der Waals surface area contributed by atoms with Gasteiger partial charge in [0.15, 0.2) is 0 Å². The van der Waals surface area contributed by atoms with Crippen LogP contribution in [-0.4, -0.2) is 18.1 Å². The lowest BCUT2D eigenvalue weighted by Crippen LogP contribution is -2.31. The fourth-order valence-corrected chi connectivity index (χ4v) is 2.10. The van der Waals surface area contributed by atoms with Gasteiger partial charge >= 0.3 is 6.03 Å². The van der Waals surface area contributed by atoms with Crippen molar-refractivity contribution < 1.29 is 18.8 Å². The van der Waals surface area contributed by atoms with E-state index in [1.54, 1.807) is 19.1 Å². The molecule has 0 spiro atoms. The third-order valence-electron chi connectivity index (χ3n) is 3.36. The number of methoxy groups -OCH3 is 1. The van der Waals surface area contributed by atoms with Crippen molar-refractivity contribution in [3.8, 4) is 5.75 Å². The molecule has 2 aromatic rings. The number of carbonyl (C=O) groups excluding carboxylic acids is 1. The van der Waals surface area contributed by atoms with Crippen LogP contribution in [0, 0.1) is 15.9 Å². The SMILES string of the molecule is COc1ccc([N+](=O)[O-])cc1NC(=O)NC(C)c1ccc(F)cc1. The molecule has 2 amide bonds. The predicted octanol–water partition coefficient (Wildman–Crippen LogP) is 3.63. The lowest BCUT2D eigenvalue weighted by molar-refractivity contribution is -0.384. The van der Waals surface area contributed by atoms with Crippen molar-refractivity contribution in [2.45, 2.75) is 13.0 Å². The van der Waals surface area contributed by atoms with Crippen LogP contribution in [0.3, 0.4) is 0 Å². The van der Waals surface area contributed by atoms with E-state index in [2.05, 4.69) is 10.6 Å². The molecule has 0 radical (unpaired) electrons. The third kappa shape index (κ3) is 4.19. The average Bonchev–Trinajstić information content (AvgIpc) is 2.55. The first-order valence-corrected chi connectivity index (χ1v) is 7.06. The summed E-state index contributed by atoms with van der Waals surface area (Å²) in [5, 5.41) is 16.0. The first-order chi connectivity index (χ1) is 11.4. The van der Waals surface area contributed by atoms with E-state index in [0.717, 1.165) is 5.56 Å². The van der Waals surface area contributed by atoms with E-state index in [4.69, 9.17) is 4.74 Å². The molecule has 1 unspecified atom stereocenters. The second-order valence-corrected chi connectivity index (χ2v) is 5.01. The molecule has 0 aliphatic carbocycles. The van der Waals surface area contributed by atoms with Crippen LogP contribution in [0.5, 0.6) is 5.75 Å². The second-order valence-electron chi connectivity index (χ2n) is 5.01. The molecule has 8 heteroatoms. The predicted molar refractivity (Wildman–Crippen MR) is 86.6 cm³/mol. The molecule has 7 nitrogen and oxygen atoms in total. The Kier molecular flexibility index (Phi) is 5.31. The van der Waals surface area contributed by atoms with Crippen LogP contribution in [0.15, 0.2) is 42.5 Å². The van der Waals surface area contributed by atoms with Crippen molar-refractivity contribution in [3.05, 3.63) is 64.0 Å². The summed E-state index contributed by atoms with van der Waals surface area (Å²) < 4.78 is 18.0. The number of nitrogens with one attached hydrogen (secondary N) is 2. The maximum absolute atomic E-state index is 12.9. The van der Waals surface area contributed by atoms with Crippen LogP contribution in [0.2, 0.25) is 0 Å². The first kappa shape index (κ1) is 17.2. The minimum atomic E-state index is -0.566. The Morgan fingerprint density at radius 1 is 1.25 bits per heavy atom. The monoisotopic (exact) mass is 333 g/mol. The molecule has 0 saturated heterocycles. The molecule has 2 aromatic carbocycles. The van der Waals surface area contributed by atoms with Crippen molar-refractivity contribution in [2.24, 2.45) is 0 Å². The summed E-state index contributed by atoms with van der Waals surface area (Å²) in [5.74, 6) is -0.0677. The highest BCUT2D eigenvalue weighted by molar-refractivity contribution is 5.91. The Morgan fingerprint density at radius 2 is 1.92 bits per heavy atom. The standard InChI is InChI=1S/C16H16FN3O4/c1-10(11-3-5-12(17)6-4-11)18-16(21)19-14-9-13(20(22)23)7-8-15(14)24-2/h3-10H,1-2H3,(H2,18,19,21). The van der Waals surface area contributed by atoms with E-state index in [1.165, 1.54) is 37.4 Å². The lowest BCUT2D eigenvalue weighted by Gasteiger charge is -2.16. The number of ether oxygens (including phenoxy) is 1. The number of nitrogens with zero attached hydrogens (tertiary/aromatic N) is 1. The number of amides is 2. The van der Waals surface area contributed by atoms with Gasteiger partial charge in [0.1, 0.15) is 11.6 Å². The molecular formula is C16H16FN3O4. The molecule has 2 rings (SSSR count). The van der Waals surface area contributed by atoms with Crippen molar-refractivity contribution in [1.29, 1.82) is 0 Å². The largest absolute Gasteiger partial charge is 0.495 e. The van der Waals surface area contributed by atoms with Gasteiger partial charge in [0.2, 0.25) is 0 Å². The molecule has 24 heavy (non-hydrogen) atoms. The van der Waals surface area contributed by atoms with Crippen LogP contribution in [0.4, 0.5) is 20.6 Å². The van der Waals surface area contributed by atoms with Crippen LogP contribution in [0.25, 0.3) is 0 Å². The highest BCUT2D eigenvalue weighted by Crippen LogP contribution is 2.28.